The molecule has 0 spiro atoms. The highest BCUT2D eigenvalue weighted by atomic mass is 16.5. The van der Waals surface area contributed by atoms with Gasteiger partial charge in [-0.2, -0.15) is 9.78 Å². The summed E-state index contributed by atoms with van der Waals surface area (Å²) in [4.78, 5) is 26.3. The van der Waals surface area contributed by atoms with Crippen molar-refractivity contribution in [3.63, 3.8) is 0 Å². The number of nitrogens with zero attached hydrogens (tertiary/aromatic N) is 2. The Bertz CT molecular complexity index is 1300. The van der Waals surface area contributed by atoms with E-state index in [4.69, 9.17) is 4.74 Å². The first-order valence-corrected chi connectivity index (χ1v) is 9.82. The minimum Gasteiger partial charge on any atom is -0.493 e. The summed E-state index contributed by atoms with van der Waals surface area (Å²) in [5.74, 6) is 0.457. The molecule has 4 aromatic rings. The van der Waals surface area contributed by atoms with Crippen molar-refractivity contribution in [3.8, 4) is 11.4 Å². The monoisotopic (exact) mass is 397 g/mol. The van der Waals surface area contributed by atoms with Crippen LogP contribution in [-0.2, 0) is 0 Å². The number of aromatic nitrogens is 2. The summed E-state index contributed by atoms with van der Waals surface area (Å²) < 4.78 is 6.98. The number of fused-ring (bicyclic) bond motifs is 2. The fourth-order valence-electron chi connectivity index (χ4n) is 3.82. The molecule has 1 aliphatic rings. The second-order valence-corrected chi connectivity index (χ2v) is 7.15. The molecule has 5 rings (SSSR count). The van der Waals surface area contributed by atoms with Crippen molar-refractivity contribution in [1.82, 2.24) is 15.1 Å². The predicted molar refractivity (Wildman–Crippen MR) is 114 cm³/mol. The summed E-state index contributed by atoms with van der Waals surface area (Å²) in [6.07, 6.45) is 0.666. The molecular weight excluding hydrogens is 378 g/mol. The molecule has 2 heterocycles. The van der Waals surface area contributed by atoms with Crippen molar-refractivity contribution in [2.75, 3.05) is 6.61 Å². The van der Waals surface area contributed by atoms with E-state index in [1.165, 1.54) is 4.68 Å². The average Bonchev–Trinajstić information content (AvgIpc) is 2.80. The highest BCUT2D eigenvalue weighted by Gasteiger charge is 2.25. The highest BCUT2D eigenvalue weighted by molar-refractivity contribution is 6.05. The molecule has 6 heteroatoms. The molecule has 148 valence electrons. The van der Waals surface area contributed by atoms with Crippen LogP contribution in [0.3, 0.4) is 0 Å². The van der Waals surface area contributed by atoms with Gasteiger partial charge in [0.1, 0.15) is 5.75 Å². The summed E-state index contributed by atoms with van der Waals surface area (Å²) in [7, 11) is 0. The first-order chi connectivity index (χ1) is 14.7. The lowest BCUT2D eigenvalue weighted by Crippen LogP contribution is -2.34. The number of carbonyl (C=O) groups excluding carboxylic acids is 1. The van der Waals surface area contributed by atoms with Crippen LogP contribution in [0.1, 0.15) is 28.5 Å². The Morgan fingerprint density at radius 1 is 0.933 bits per heavy atom. The van der Waals surface area contributed by atoms with E-state index in [0.29, 0.717) is 29.5 Å². The maximum absolute atomic E-state index is 13.3. The fraction of sp³-hybridized carbons (Fsp3) is 0.125. The average molecular weight is 397 g/mol. The Balaban J connectivity index is 1.60. The van der Waals surface area contributed by atoms with E-state index in [2.05, 4.69) is 10.4 Å². The third-order valence-electron chi connectivity index (χ3n) is 5.28. The van der Waals surface area contributed by atoms with E-state index in [1.807, 2.05) is 42.5 Å². The Morgan fingerprint density at radius 2 is 1.63 bits per heavy atom. The maximum atomic E-state index is 13.3. The van der Waals surface area contributed by atoms with Crippen LogP contribution < -0.4 is 15.6 Å². The summed E-state index contributed by atoms with van der Waals surface area (Å²) in [5.41, 5.74) is 1.51. The van der Waals surface area contributed by atoms with Gasteiger partial charge in [0.15, 0.2) is 5.69 Å². The molecule has 1 amide bonds. The predicted octanol–water partition coefficient (Wildman–Crippen LogP) is 3.64. The number of amides is 1. The first-order valence-electron chi connectivity index (χ1n) is 9.82. The van der Waals surface area contributed by atoms with Gasteiger partial charge in [0, 0.05) is 17.4 Å². The minimum absolute atomic E-state index is 0.180. The van der Waals surface area contributed by atoms with Crippen LogP contribution in [0, 0.1) is 0 Å². The molecule has 0 aliphatic carbocycles. The van der Waals surface area contributed by atoms with Crippen molar-refractivity contribution in [2.24, 2.45) is 0 Å². The molecule has 0 bridgehead atoms. The van der Waals surface area contributed by atoms with E-state index >= 15 is 0 Å². The number of benzene rings is 3. The molecule has 6 nitrogen and oxygen atoms in total. The lowest BCUT2D eigenvalue weighted by Gasteiger charge is -2.26. The molecule has 30 heavy (non-hydrogen) atoms. The van der Waals surface area contributed by atoms with E-state index < -0.39 is 0 Å². The number of carbonyl (C=O) groups is 1. The first kappa shape index (κ1) is 18.1. The van der Waals surface area contributed by atoms with Gasteiger partial charge in [0.2, 0.25) is 0 Å². The van der Waals surface area contributed by atoms with Crippen LogP contribution >= 0.6 is 0 Å². The number of rotatable bonds is 3. The van der Waals surface area contributed by atoms with Crippen molar-refractivity contribution < 1.29 is 9.53 Å². The molecule has 1 N–H and O–H groups in total. The lowest BCUT2D eigenvalue weighted by molar-refractivity contribution is 0.0920. The summed E-state index contributed by atoms with van der Waals surface area (Å²) in [6, 6.07) is 23.7. The minimum atomic E-state index is -0.322. The molecule has 3 aromatic carbocycles. The van der Waals surface area contributed by atoms with Gasteiger partial charge in [-0.25, -0.2) is 0 Å². The van der Waals surface area contributed by atoms with Crippen LogP contribution in [0.5, 0.6) is 5.75 Å². The summed E-state index contributed by atoms with van der Waals surface area (Å²) in [5, 5.41) is 8.53. The summed E-state index contributed by atoms with van der Waals surface area (Å²) >= 11 is 0. The Morgan fingerprint density at radius 3 is 2.47 bits per heavy atom. The van der Waals surface area contributed by atoms with Crippen LogP contribution in [-0.4, -0.2) is 22.3 Å². The third-order valence-corrected chi connectivity index (χ3v) is 5.28. The maximum Gasteiger partial charge on any atom is 0.279 e. The number of nitrogens with one attached hydrogen (secondary N) is 1. The van der Waals surface area contributed by atoms with Crippen molar-refractivity contribution in [2.45, 2.75) is 12.5 Å². The molecular formula is C24H19N3O3. The second-order valence-electron chi connectivity index (χ2n) is 7.15. The smallest absolute Gasteiger partial charge is 0.279 e. The van der Waals surface area contributed by atoms with Gasteiger partial charge in [0.25, 0.3) is 11.5 Å². The van der Waals surface area contributed by atoms with Gasteiger partial charge >= 0.3 is 0 Å². The molecule has 1 aliphatic heterocycles. The van der Waals surface area contributed by atoms with E-state index in [0.717, 1.165) is 11.3 Å². The van der Waals surface area contributed by atoms with Crippen LogP contribution in [0.4, 0.5) is 0 Å². The zero-order chi connectivity index (χ0) is 20.5. The molecule has 1 aromatic heterocycles. The Kier molecular flexibility index (Phi) is 4.52. The molecule has 0 saturated carbocycles. The van der Waals surface area contributed by atoms with Gasteiger partial charge in [-0.1, -0.05) is 54.6 Å². The van der Waals surface area contributed by atoms with Crippen molar-refractivity contribution in [3.05, 3.63) is 100 Å². The normalized spacial score (nSPS) is 15.3. The Hall–Kier alpha value is -3.93. The largest absolute Gasteiger partial charge is 0.493 e. The van der Waals surface area contributed by atoms with Crippen molar-refractivity contribution in [1.29, 1.82) is 0 Å². The lowest BCUT2D eigenvalue weighted by atomic mass is 10.00. The quantitative estimate of drug-likeness (QED) is 0.573. The Labute approximate surface area is 172 Å². The van der Waals surface area contributed by atoms with E-state index in [-0.39, 0.29) is 23.2 Å². The van der Waals surface area contributed by atoms with E-state index in [9.17, 15) is 9.59 Å². The van der Waals surface area contributed by atoms with Gasteiger partial charge in [-0.05, 0) is 24.3 Å². The molecule has 1 atom stereocenters. The zero-order valence-electron chi connectivity index (χ0n) is 16.1. The number of hydrogen-bond acceptors (Lipinski definition) is 4. The number of para-hydroxylation sites is 2. The highest BCUT2D eigenvalue weighted by Crippen LogP contribution is 2.31. The number of hydrogen-bond donors (Lipinski definition) is 1. The standard InChI is InChI=1S/C24H19N3O3/c28-23(25-20-14-15-30-21-13-7-6-12-19(20)21)22-17-10-4-5-11-18(17)24(29)27(26-22)16-8-2-1-3-9-16/h1-13,20H,14-15H2,(H,25,28). The second kappa shape index (κ2) is 7.48. The summed E-state index contributed by atoms with van der Waals surface area (Å²) in [6.45, 7) is 0.527. The van der Waals surface area contributed by atoms with Crippen LogP contribution in [0.25, 0.3) is 16.5 Å². The van der Waals surface area contributed by atoms with Gasteiger partial charge in [0.05, 0.1) is 23.7 Å². The molecule has 0 saturated heterocycles. The van der Waals surface area contributed by atoms with Crippen LogP contribution in [0.15, 0.2) is 83.7 Å². The topological polar surface area (TPSA) is 73.2 Å². The third kappa shape index (κ3) is 3.12. The molecule has 0 fully saturated rings. The van der Waals surface area contributed by atoms with Gasteiger partial charge in [-0.15, -0.1) is 0 Å². The molecule has 0 radical (unpaired) electrons. The molecule has 1 unspecified atom stereocenters. The van der Waals surface area contributed by atoms with E-state index in [1.54, 1.807) is 36.4 Å². The van der Waals surface area contributed by atoms with Crippen molar-refractivity contribution >= 4 is 16.7 Å². The number of ether oxygens (including phenoxy) is 1. The van der Waals surface area contributed by atoms with Gasteiger partial charge < -0.3 is 10.1 Å². The fourth-order valence-corrected chi connectivity index (χ4v) is 3.82. The SMILES string of the molecule is O=C(NC1CCOc2ccccc21)c1nn(-c2ccccc2)c(=O)c2ccccc12. The van der Waals surface area contributed by atoms with Gasteiger partial charge in [-0.3, -0.25) is 9.59 Å². The van der Waals surface area contributed by atoms with Crippen LogP contribution in [0.2, 0.25) is 0 Å². The zero-order valence-corrected chi connectivity index (χ0v) is 16.1.